The number of hydrogen-bond donors (Lipinski definition) is 0. The van der Waals surface area contributed by atoms with E-state index < -0.39 is 15.8 Å². The van der Waals surface area contributed by atoms with E-state index in [1.807, 2.05) is 0 Å². The largest absolute Gasteiger partial charge is 0.449 e. The molecule has 0 aromatic heterocycles. The second kappa shape index (κ2) is 3.61. The van der Waals surface area contributed by atoms with Crippen molar-refractivity contribution in [3.63, 3.8) is 0 Å². The molecular weight excluding hydrogens is 242 g/mol. The van der Waals surface area contributed by atoms with Crippen molar-refractivity contribution in [2.45, 2.75) is 24.5 Å². The molecule has 2 rings (SSSR count). The van der Waals surface area contributed by atoms with Gasteiger partial charge in [0.1, 0.15) is 0 Å². The summed E-state index contributed by atoms with van der Waals surface area (Å²) < 4.78 is 36.0. The Kier molecular flexibility index (Phi) is 2.59. The molecule has 1 heterocycles. The molecule has 17 heavy (non-hydrogen) atoms. The molecule has 0 saturated carbocycles. The Bertz CT molecular complexity index is 549. The molecule has 0 bridgehead atoms. The zero-order chi connectivity index (χ0) is 12.8. The summed E-state index contributed by atoms with van der Waals surface area (Å²) in [5, 5.41) is 0. The van der Waals surface area contributed by atoms with Gasteiger partial charge in [-0.3, -0.25) is 0 Å². The first-order chi connectivity index (χ1) is 7.72. The molecular formula is C11H15NO4S. The summed E-state index contributed by atoms with van der Waals surface area (Å²) >= 11 is 0. The third kappa shape index (κ3) is 2.10. The SMILES string of the molecule is CN(C)S(=O)(=O)c1ccc2c(c1)OC(C)(C)O2. The highest BCUT2D eigenvalue weighted by molar-refractivity contribution is 7.89. The molecule has 0 radical (unpaired) electrons. The molecule has 0 amide bonds. The first-order valence-electron chi connectivity index (χ1n) is 5.17. The lowest BCUT2D eigenvalue weighted by Gasteiger charge is -2.16. The summed E-state index contributed by atoms with van der Waals surface area (Å²) in [5.74, 6) is 0.272. The van der Waals surface area contributed by atoms with Crippen LogP contribution in [0.25, 0.3) is 0 Å². The summed E-state index contributed by atoms with van der Waals surface area (Å²) in [6.45, 7) is 3.54. The molecule has 0 atom stereocenters. The molecule has 0 unspecified atom stereocenters. The van der Waals surface area contributed by atoms with Crippen molar-refractivity contribution in [1.29, 1.82) is 0 Å². The average Bonchev–Trinajstić information content (AvgIpc) is 2.49. The average molecular weight is 257 g/mol. The zero-order valence-electron chi connectivity index (χ0n) is 10.2. The van der Waals surface area contributed by atoms with Crippen LogP contribution in [0.1, 0.15) is 13.8 Å². The van der Waals surface area contributed by atoms with Crippen LogP contribution >= 0.6 is 0 Å². The smallest absolute Gasteiger partial charge is 0.246 e. The quantitative estimate of drug-likeness (QED) is 0.804. The predicted molar refractivity (Wildman–Crippen MR) is 62.6 cm³/mol. The van der Waals surface area contributed by atoms with E-state index in [1.54, 1.807) is 19.9 Å². The molecule has 5 nitrogen and oxygen atoms in total. The lowest BCUT2D eigenvalue weighted by molar-refractivity contribution is -0.0432. The van der Waals surface area contributed by atoms with Gasteiger partial charge in [0.25, 0.3) is 0 Å². The van der Waals surface area contributed by atoms with E-state index in [0.717, 1.165) is 4.31 Å². The standard InChI is InChI=1S/C11H15NO4S/c1-11(2)15-9-6-5-8(7-10(9)16-11)17(13,14)12(3)4/h5-7H,1-4H3. The van der Waals surface area contributed by atoms with E-state index in [2.05, 4.69) is 0 Å². The summed E-state index contributed by atoms with van der Waals surface area (Å²) in [5.41, 5.74) is 0. The van der Waals surface area contributed by atoms with E-state index in [1.165, 1.54) is 26.2 Å². The third-order valence-corrected chi connectivity index (χ3v) is 4.22. The van der Waals surface area contributed by atoms with Crippen molar-refractivity contribution < 1.29 is 17.9 Å². The maximum Gasteiger partial charge on any atom is 0.246 e. The highest BCUT2D eigenvalue weighted by atomic mass is 32.2. The second-order valence-electron chi connectivity index (χ2n) is 4.50. The normalized spacial score (nSPS) is 17.5. The van der Waals surface area contributed by atoms with Crippen LogP contribution in [0.5, 0.6) is 11.5 Å². The fourth-order valence-corrected chi connectivity index (χ4v) is 2.49. The van der Waals surface area contributed by atoms with Crippen LogP contribution in [-0.2, 0) is 10.0 Å². The van der Waals surface area contributed by atoms with Gasteiger partial charge in [0.2, 0.25) is 15.8 Å². The molecule has 1 aliphatic heterocycles. The molecule has 94 valence electrons. The van der Waals surface area contributed by atoms with Crippen LogP contribution in [0, 0.1) is 0 Å². The van der Waals surface area contributed by atoms with Crippen LogP contribution in [0.2, 0.25) is 0 Å². The summed E-state index contributed by atoms with van der Waals surface area (Å²) in [6.07, 6.45) is 0. The van der Waals surface area contributed by atoms with Crippen LogP contribution in [0.15, 0.2) is 23.1 Å². The maximum atomic E-state index is 11.9. The van der Waals surface area contributed by atoms with E-state index in [9.17, 15) is 8.42 Å². The molecule has 6 heteroatoms. The van der Waals surface area contributed by atoms with Crippen LogP contribution in [-0.4, -0.2) is 32.6 Å². The van der Waals surface area contributed by atoms with Crippen LogP contribution < -0.4 is 9.47 Å². The minimum atomic E-state index is -3.44. The molecule has 1 aromatic carbocycles. The van der Waals surface area contributed by atoms with Gasteiger partial charge in [0, 0.05) is 34.0 Å². The van der Waals surface area contributed by atoms with Gasteiger partial charge in [-0.1, -0.05) is 0 Å². The molecule has 0 aliphatic carbocycles. The Morgan fingerprint density at radius 2 is 1.71 bits per heavy atom. The highest BCUT2D eigenvalue weighted by Gasteiger charge is 2.32. The van der Waals surface area contributed by atoms with Gasteiger partial charge < -0.3 is 9.47 Å². The monoisotopic (exact) mass is 257 g/mol. The van der Waals surface area contributed by atoms with Gasteiger partial charge in [-0.15, -0.1) is 0 Å². The third-order valence-electron chi connectivity index (χ3n) is 2.41. The fourth-order valence-electron chi connectivity index (χ4n) is 1.57. The van der Waals surface area contributed by atoms with Crippen LogP contribution in [0.3, 0.4) is 0 Å². The Hall–Kier alpha value is -1.27. The number of nitrogens with zero attached hydrogens (tertiary/aromatic N) is 1. The van der Waals surface area contributed by atoms with Crippen molar-refractivity contribution in [1.82, 2.24) is 4.31 Å². The number of ether oxygens (including phenoxy) is 2. The number of hydrogen-bond acceptors (Lipinski definition) is 4. The summed E-state index contributed by atoms with van der Waals surface area (Å²) in [6, 6.07) is 4.61. The van der Waals surface area contributed by atoms with Crippen LogP contribution in [0.4, 0.5) is 0 Å². The first kappa shape index (κ1) is 12.2. The number of rotatable bonds is 2. The van der Waals surface area contributed by atoms with Crippen molar-refractivity contribution in [2.24, 2.45) is 0 Å². The van der Waals surface area contributed by atoms with Crippen molar-refractivity contribution in [3.8, 4) is 11.5 Å². The van der Waals surface area contributed by atoms with Crippen molar-refractivity contribution in [3.05, 3.63) is 18.2 Å². The van der Waals surface area contributed by atoms with Crippen molar-refractivity contribution in [2.75, 3.05) is 14.1 Å². The lowest BCUT2D eigenvalue weighted by Crippen LogP contribution is -2.29. The minimum absolute atomic E-state index is 0.197. The zero-order valence-corrected chi connectivity index (χ0v) is 11.0. The molecule has 0 fully saturated rings. The van der Waals surface area contributed by atoms with Gasteiger partial charge in [0.15, 0.2) is 11.5 Å². The maximum absolute atomic E-state index is 11.9. The van der Waals surface area contributed by atoms with Gasteiger partial charge in [-0.2, -0.15) is 0 Å². The van der Waals surface area contributed by atoms with Gasteiger partial charge in [-0.05, 0) is 12.1 Å². The van der Waals surface area contributed by atoms with E-state index in [0.29, 0.717) is 11.5 Å². The second-order valence-corrected chi connectivity index (χ2v) is 6.65. The fraction of sp³-hybridized carbons (Fsp3) is 0.455. The lowest BCUT2D eigenvalue weighted by atomic mass is 10.3. The number of fused-ring (bicyclic) bond motifs is 1. The predicted octanol–water partition coefficient (Wildman–Crippen LogP) is 1.44. The molecule has 0 saturated heterocycles. The molecule has 0 N–H and O–H groups in total. The van der Waals surface area contributed by atoms with E-state index >= 15 is 0 Å². The number of benzene rings is 1. The summed E-state index contributed by atoms with van der Waals surface area (Å²) in [4.78, 5) is 0.197. The van der Waals surface area contributed by atoms with E-state index in [-0.39, 0.29) is 4.90 Å². The highest BCUT2D eigenvalue weighted by Crippen LogP contribution is 2.40. The van der Waals surface area contributed by atoms with Gasteiger partial charge in [0.05, 0.1) is 4.90 Å². The first-order valence-corrected chi connectivity index (χ1v) is 6.61. The Morgan fingerprint density at radius 3 is 2.29 bits per heavy atom. The van der Waals surface area contributed by atoms with E-state index in [4.69, 9.17) is 9.47 Å². The van der Waals surface area contributed by atoms with Gasteiger partial charge in [-0.25, -0.2) is 12.7 Å². The number of sulfonamides is 1. The minimum Gasteiger partial charge on any atom is -0.449 e. The Balaban J connectivity index is 2.45. The molecule has 1 aliphatic rings. The topological polar surface area (TPSA) is 55.8 Å². The molecule has 0 spiro atoms. The Labute approximate surface area is 101 Å². The molecule has 1 aromatic rings. The Morgan fingerprint density at radius 1 is 1.12 bits per heavy atom. The van der Waals surface area contributed by atoms with Gasteiger partial charge >= 0.3 is 0 Å². The summed E-state index contributed by atoms with van der Waals surface area (Å²) in [7, 11) is -0.458. The van der Waals surface area contributed by atoms with Crippen molar-refractivity contribution >= 4 is 10.0 Å².